The van der Waals surface area contributed by atoms with Gasteiger partial charge in [0.2, 0.25) is 0 Å². The Bertz CT molecular complexity index is 271. The van der Waals surface area contributed by atoms with Gasteiger partial charge in [-0.3, -0.25) is 4.98 Å². The Kier molecular flexibility index (Phi) is 4.60. The van der Waals surface area contributed by atoms with Crippen LogP contribution in [0.1, 0.15) is 49.8 Å². The second-order valence-corrected chi connectivity index (χ2v) is 3.83. The average Bonchev–Trinajstić information content (AvgIpc) is 2.18. The highest BCUT2D eigenvalue weighted by atomic mass is 14.7. The fourth-order valence-corrected chi connectivity index (χ4v) is 1.67. The Morgan fingerprint density at radius 1 is 1.43 bits per heavy atom. The summed E-state index contributed by atoms with van der Waals surface area (Å²) in [6, 6.07) is 2.22. The lowest BCUT2D eigenvalue weighted by molar-refractivity contribution is 0.579. The maximum atomic E-state index is 6.11. The molecule has 0 aliphatic carbocycles. The molecule has 0 aliphatic rings. The lowest BCUT2D eigenvalue weighted by Gasteiger charge is -2.13. The first kappa shape index (κ1) is 11.2. The molecule has 14 heavy (non-hydrogen) atoms. The van der Waals surface area contributed by atoms with E-state index in [0.717, 1.165) is 6.42 Å². The monoisotopic (exact) mass is 192 g/mol. The van der Waals surface area contributed by atoms with Crippen LogP contribution in [0.15, 0.2) is 18.5 Å². The van der Waals surface area contributed by atoms with Crippen molar-refractivity contribution in [1.82, 2.24) is 4.98 Å². The predicted octanol–water partition coefficient (Wildman–Crippen LogP) is 2.97. The first-order chi connectivity index (χ1) is 6.75. The third kappa shape index (κ3) is 3.11. The van der Waals surface area contributed by atoms with E-state index in [0.29, 0.717) is 0 Å². The van der Waals surface area contributed by atoms with Gasteiger partial charge in [-0.25, -0.2) is 0 Å². The van der Waals surface area contributed by atoms with Gasteiger partial charge < -0.3 is 5.73 Å². The fraction of sp³-hybridized carbons (Fsp3) is 0.583. The van der Waals surface area contributed by atoms with Crippen LogP contribution in [0.2, 0.25) is 0 Å². The molecule has 1 rings (SSSR count). The zero-order valence-electron chi connectivity index (χ0n) is 9.16. The number of hydrogen-bond donors (Lipinski definition) is 1. The van der Waals surface area contributed by atoms with E-state index in [1.165, 1.54) is 30.4 Å². The molecule has 1 aromatic rings. The van der Waals surface area contributed by atoms with Crippen LogP contribution in [-0.2, 0) is 0 Å². The SMILES string of the molecule is CCCCCC(N)c1ccncc1C. The number of unbranched alkanes of at least 4 members (excludes halogenated alkanes) is 2. The van der Waals surface area contributed by atoms with Crippen LogP contribution in [-0.4, -0.2) is 4.98 Å². The summed E-state index contributed by atoms with van der Waals surface area (Å²) in [6.45, 7) is 4.28. The van der Waals surface area contributed by atoms with Crippen LogP contribution >= 0.6 is 0 Å². The molecular formula is C12H20N2. The maximum absolute atomic E-state index is 6.11. The van der Waals surface area contributed by atoms with Crippen molar-refractivity contribution >= 4 is 0 Å². The van der Waals surface area contributed by atoms with Crippen LogP contribution in [0.4, 0.5) is 0 Å². The van der Waals surface area contributed by atoms with Crippen molar-refractivity contribution < 1.29 is 0 Å². The summed E-state index contributed by atoms with van der Waals surface area (Å²) in [5.74, 6) is 0. The van der Waals surface area contributed by atoms with Gasteiger partial charge >= 0.3 is 0 Å². The van der Waals surface area contributed by atoms with Crippen molar-refractivity contribution in [3.8, 4) is 0 Å². The highest BCUT2D eigenvalue weighted by molar-refractivity contribution is 5.24. The molecular weight excluding hydrogens is 172 g/mol. The smallest absolute Gasteiger partial charge is 0.0300 e. The molecule has 1 unspecified atom stereocenters. The van der Waals surface area contributed by atoms with E-state index in [9.17, 15) is 0 Å². The first-order valence-corrected chi connectivity index (χ1v) is 5.41. The second kappa shape index (κ2) is 5.76. The van der Waals surface area contributed by atoms with Crippen LogP contribution in [0.5, 0.6) is 0 Å². The molecule has 0 saturated heterocycles. The molecule has 0 fully saturated rings. The van der Waals surface area contributed by atoms with E-state index in [-0.39, 0.29) is 6.04 Å². The average molecular weight is 192 g/mol. The molecule has 0 spiro atoms. The van der Waals surface area contributed by atoms with Gasteiger partial charge in [0.15, 0.2) is 0 Å². The number of nitrogens with two attached hydrogens (primary N) is 1. The maximum Gasteiger partial charge on any atom is 0.0300 e. The van der Waals surface area contributed by atoms with Gasteiger partial charge in [-0.05, 0) is 30.5 Å². The number of aromatic nitrogens is 1. The predicted molar refractivity (Wildman–Crippen MR) is 60.0 cm³/mol. The molecule has 0 saturated carbocycles. The summed E-state index contributed by atoms with van der Waals surface area (Å²) in [5.41, 5.74) is 8.56. The Balaban J connectivity index is 2.51. The number of nitrogens with zero attached hydrogens (tertiary/aromatic N) is 1. The van der Waals surface area contributed by atoms with Crippen molar-refractivity contribution in [3.63, 3.8) is 0 Å². The number of pyridine rings is 1. The molecule has 1 atom stereocenters. The lowest BCUT2D eigenvalue weighted by Crippen LogP contribution is -2.11. The molecule has 1 heterocycles. The van der Waals surface area contributed by atoms with Crippen molar-refractivity contribution in [2.45, 2.75) is 45.6 Å². The van der Waals surface area contributed by atoms with Crippen molar-refractivity contribution in [1.29, 1.82) is 0 Å². The van der Waals surface area contributed by atoms with E-state index >= 15 is 0 Å². The standard InChI is InChI=1S/C12H20N2/c1-3-4-5-6-12(13)11-7-8-14-9-10(11)2/h7-9,12H,3-6,13H2,1-2H3. The molecule has 2 N–H and O–H groups in total. The Morgan fingerprint density at radius 3 is 2.86 bits per heavy atom. The van der Waals surface area contributed by atoms with Crippen LogP contribution in [0.3, 0.4) is 0 Å². The van der Waals surface area contributed by atoms with Gasteiger partial charge in [0.05, 0.1) is 0 Å². The molecule has 78 valence electrons. The van der Waals surface area contributed by atoms with Crippen molar-refractivity contribution in [2.24, 2.45) is 5.73 Å². The van der Waals surface area contributed by atoms with E-state index in [1.807, 2.05) is 18.5 Å². The number of rotatable bonds is 5. The quantitative estimate of drug-likeness (QED) is 0.728. The molecule has 0 aromatic carbocycles. The molecule has 0 aliphatic heterocycles. The number of hydrogen-bond acceptors (Lipinski definition) is 2. The molecule has 0 amide bonds. The van der Waals surface area contributed by atoms with Crippen LogP contribution < -0.4 is 5.73 Å². The molecule has 2 heteroatoms. The minimum Gasteiger partial charge on any atom is -0.324 e. The third-order valence-corrected chi connectivity index (χ3v) is 2.58. The van der Waals surface area contributed by atoms with E-state index in [1.54, 1.807) is 0 Å². The van der Waals surface area contributed by atoms with Gasteiger partial charge in [-0.1, -0.05) is 26.2 Å². The number of aryl methyl sites for hydroxylation is 1. The Labute approximate surface area is 86.5 Å². The van der Waals surface area contributed by atoms with Crippen molar-refractivity contribution in [3.05, 3.63) is 29.6 Å². The van der Waals surface area contributed by atoms with Gasteiger partial charge in [0.1, 0.15) is 0 Å². The summed E-state index contributed by atoms with van der Waals surface area (Å²) in [6.07, 6.45) is 8.54. The largest absolute Gasteiger partial charge is 0.324 e. The molecule has 1 aromatic heterocycles. The topological polar surface area (TPSA) is 38.9 Å². The molecule has 0 bridgehead atoms. The van der Waals surface area contributed by atoms with Crippen LogP contribution in [0, 0.1) is 6.92 Å². The van der Waals surface area contributed by atoms with Crippen LogP contribution in [0.25, 0.3) is 0 Å². The minimum absolute atomic E-state index is 0.185. The van der Waals surface area contributed by atoms with Gasteiger partial charge in [0, 0.05) is 18.4 Å². The summed E-state index contributed by atoms with van der Waals surface area (Å²) < 4.78 is 0. The third-order valence-electron chi connectivity index (χ3n) is 2.58. The summed E-state index contributed by atoms with van der Waals surface area (Å²) in [4.78, 5) is 4.07. The first-order valence-electron chi connectivity index (χ1n) is 5.41. The molecule has 0 radical (unpaired) electrons. The van der Waals surface area contributed by atoms with Gasteiger partial charge in [0.25, 0.3) is 0 Å². The summed E-state index contributed by atoms with van der Waals surface area (Å²) in [7, 11) is 0. The normalized spacial score (nSPS) is 12.8. The summed E-state index contributed by atoms with van der Waals surface area (Å²) >= 11 is 0. The van der Waals surface area contributed by atoms with Crippen molar-refractivity contribution in [2.75, 3.05) is 0 Å². The fourth-order valence-electron chi connectivity index (χ4n) is 1.67. The summed E-state index contributed by atoms with van der Waals surface area (Å²) in [5, 5.41) is 0. The minimum atomic E-state index is 0.185. The molecule has 2 nitrogen and oxygen atoms in total. The Morgan fingerprint density at radius 2 is 2.21 bits per heavy atom. The second-order valence-electron chi connectivity index (χ2n) is 3.83. The van der Waals surface area contributed by atoms with Gasteiger partial charge in [-0.15, -0.1) is 0 Å². The highest BCUT2D eigenvalue weighted by Gasteiger charge is 2.07. The van der Waals surface area contributed by atoms with E-state index in [4.69, 9.17) is 5.73 Å². The lowest BCUT2D eigenvalue weighted by atomic mass is 9.99. The Hall–Kier alpha value is -0.890. The zero-order chi connectivity index (χ0) is 10.4. The highest BCUT2D eigenvalue weighted by Crippen LogP contribution is 2.19. The van der Waals surface area contributed by atoms with Gasteiger partial charge in [-0.2, -0.15) is 0 Å². The zero-order valence-corrected chi connectivity index (χ0v) is 9.16. The van der Waals surface area contributed by atoms with E-state index < -0.39 is 0 Å². The van der Waals surface area contributed by atoms with E-state index in [2.05, 4.69) is 18.8 Å².